The van der Waals surface area contributed by atoms with Gasteiger partial charge in [-0.15, -0.1) is 0 Å². The number of nitrogens with zero attached hydrogens (tertiary/aromatic N) is 2. The molecule has 0 bridgehead atoms. The number of carbonyl (C=O) groups excluding carboxylic acids is 2. The SMILES string of the molecule is CC[C@H]1OC(=O)[C@H](C)[C@@H](O[C@H]2C[C@@](C)(OC)[C@@H](OC(=O)NC3CCCCC3)[C@H](C)O2)[C@H](C)[C@@H](O[C@@H]2O[C@H](C)C[C@H](N(C)C)[C@H]2O)[C@](C)(O)C[C@@H](C)CN(C)[C@H](C)[C@@H](O)[C@]1(C)O. The van der Waals surface area contributed by atoms with Crippen molar-refractivity contribution in [1.82, 2.24) is 15.1 Å². The van der Waals surface area contributed by atoms with E-state index in [1.807, 2.05) is 58.6 Å². The van der Waals surface area contributed by atoms with Crippen LogP contribution in [0.2, 0.25) is 0 Å². The molecule has 0 unspecified atom stereocenters. The fourth-order valence-electron chi connectivity index (χ4n) is 10.5. The second-order valence-corrected chi connectivity index (χ2v) is 20.0. The van der Waals surface area contributed by atoms with Gasteiger partial charge in [-0.05, 0) is 108 Å². The van der Waals surface area contributed by atoms with Gasteiger partial charge in [-0.3, -0.25) is 4.79 Å². The van der Waals surface area contributed by atoms with Crippen molar-refractivity contribution in [1.29, 1.82) is 0 Å². The van der Waals surface area contributed by atoms with E-state index >= 15 is 0 Å². The highest BCUT2D eigenvalue weighted by Gasteiger charge is 2.54. The predicted molar refractivity (Wildman–Crippen MR) is 228 cm³/mol. The molecule has 5 N–H and O–H groups in total. The van der Waals surface area contributed by atoms with Gasteiger partial charge in [-0.25, -0.2) is 4.79 Å². The number of ether oxygens (including phenoxy) is 7. The summed E-state index contributed by atoms with van der Waals surface area (Å²) in [5.41, 5.74) is -4.48. The molecule has 0 aromatic rings. The Morgan fingerprint density at radius 2 is 1.59 bits per heavy atom. The number of amides is 1. The van der Waals surface area contributed by atoms with E-state index in [-0.39, 0.29) is 43.4 Å². The molecule has 3 aliphatic heterocycles. The third kappa shape index (κ3) is 12.6. The van der Waals surface area contributed by atoms with Crippen molar-refractivity contribution in [3.8, 4) is 0 Å². The summed E-state index contributed by atoms with van der Waals surface area (Å²) >= 11 is 0. The lowest BCUT2D eigenvalue weighted by atomic mass is 9.77. The molecule has 0 aromatic heterocycles. The molecule has 4 rings (SSSR count). The molecule has 16 nitrogen and oxygen atoms in total. The minimum atomic E-state index is -1.82. The zero-order valence-electron chi connectivity index (χ0n) is 39.7. The summed E-state index contributed by atoms with van der Waals surface area (Å²) < 4.78 is 44.6. The standard InChI is InChI=1S/C45H83N3O13/c1-15-33-45(10,54)37(50)29(6)48(13)24-25(2)22-43(8,53)38(60-41-35(49)32(47(11)12)21-26(3)56-41)27(4)36(28(5)40(51)58-33)59-34-23-44(9,55-14)39(30(7)57-34)61-42(52)46-31-19-17-16-18-20-31/h25-39,41,49-50,53-54H,15-24H2,1-14H3,(H,46,52)/t25-,26-,27+,28-,29-,30+,32+,33-,34+,35-,36+,37-,38-,39+,41+,43-,44-,45-/m1/s1. The van der Waals surface area contributed by atoms with Crippen LogP contribution in [0.4, 0.5) is 4.79 Å². The smallest absolute Gasteiger partial charge is 0.407 e. The monoisotopic (exact) mass is 874 g/mol. The molecular formula is C45H83N3O13. The highest BCUT2D eigenvalue weighted by atomic mass is 16.7. The Morgan fingerprint density at radius 1 is 0.951 bits per heavy atom. The van der Waals surface area contributed by atoms with Crippen LogP contribution in [0.1, 0.15) is 127 Å². The summed E-state index contributed by atoms with van der Waals surface area (Å²) in [6.45, 7) is 18.2. The Balaban J connectivity index is 1.75. The van der Waals surface area contributed by atoms with Crippen molar-refractivity contribution in [3.63, 3.8) is 0 Å². The van der Waals surface area contributed by atoms with Crippen molar-refractivity contribution in [2.45, 2.75) is 223 Å². The minimum Gasteiger partial charge on any atom is -0.459 e. The molecule has 1 aliphatic carbocycles. The summed E-state index contributed by atoms with van der Waals surface area (Å²) in [7, 11) is 7.16. The summed E-state index contributed by atoms with van der Waals surface area (Å²) in [6.07, 6.45) is -3.89. The zero-order chi connectivity index (χ0) is 45.8. The molecule has 3 saturated heterocycles. The molecule has 0 aromatic carbocycles. The largest absolute Gasteiger partial charge is 0.459 e. The molecule has 1 saturated carbocycles. The average molecular weight is 874 g/mol. The number of methoxy groups -OCH3 is 1. The van der Waals surface area contributed by atoms with Gasteiger partial charge in [0.05, 0.1) is 35.9 Å². The van der Waals surface area contributed by atoms with Gasteiger partial charge in [0.15, 0.2) is 18.7 Å². The van der Waals surface area contributed by atoms with Crippen LogP contribution in [0.15, 0.2) is 0 Å². The van der Waals surface area contributed by atoms with Crippen LogP contribution >= 0.6 is 0 Å². The van der Waals surface area contributed by atoms with Gasteiger partial charge in [-0.1, -0.05) is 40.0 Å². The first-order valence-corrected chi connectivity index (χ1v) is 22.9. The third-order valence-electron chi connectivity index (χ3n) is 14.3. The van der Waals surface area contributed by atoms with Gasteiger partial charge in [-0.2, -0.15) is 0 Å². The normalized spacial score (nSPS) is 45.7. The maximum atomic E-state index is 14.5. The van der Waals surface area contributed by atoms with Crippen molar-refractivity contribution in [3.05, 3.63) is 0 Å². The van der Waals surface area contributed by atoms with E-state index in [4.69, 9.17) is 33.2 Å². The van der Waals surface area contributed by atoms with Crippen molar-refractivity contribution in [2.24, 2.45) is 17.8 Å². The first kappa shape index (κ1) is 51.9. The van der Waals surface area contributed by atoms with Gasteiger partial charge in [0.25, 0.3) is 0 Å². The number of hydrogen-bond donors (Lipinski definition) is 5. The van der Waals surface area contributed by atoms with E-state index in [9.17, 15) is 30.0 Å². The summed E-state index contributed by atoms with van der Waals surface area (Å²) in [4.78, 5) is 31.5. The summed E-state index contributed by atoms with van der Waals surface area (Å²) in [5.74, 6) is -2.70. The summed E-state index contributed by atoms with van der Waals surface area (Å²) in [6, 6.07) is -0.800. The number of esters is 1. The minimum absolute atomic E-state index is 0.0452. The van der Waals surface area contributed by atoms with Crippen molar-refractivity contribution >= 4 is 12.1 Å². The fraction of sp³-hybridized carbons (Fsp3) is 0.956. The van der Waals surface area contributed by atoms with Crippen LogP contribution in [0.3, 0.4) is 0 Å². The van der Waals surface area contributed by atoms with Crippen LogP contribution in [-0.2, 0) is 38.0 Å². The van der Waals surface area contributed by atoms with Gasteiger partial charge in [0.2, 0.25) is 0 Å². The van der Waals surface area contributed by atoms with Gasteiger partial charge >= 0.3 is 12.1 Å². The quantitative estimate of drug-likeness (QED) is 0.209. The fourth-order valence-corrected chi connectivity index (χ4v) is 10.5. The molecular weight excluding hydrogens is 791 g/mol. The van der Waals surface area contributed by atoms with Gasteiger partial charge < -0.3 is 68.7 Å². The first-order chi connectivity index (χ1) is 28.4. The van der Waals surface area contributed by atoms with E-state index in [2.05, 4.69) is 5.32 Å². The van der Waals surface area contributed by atoms with E-state index in [1.54, 1.807) is 41.7 Å². The van der Waals surface area contributed by atoms with Gasteiger partial charge in [0.1, 0.15) is 29.5 Å². The number of alkyl carbamates (subject to hydrolysis) is 1. The molecule has 0 spiro atoms. The molecule has 1 amide bonds. The molecule has 16 heteroatoms. The lowest BCUT2D eigenvalue weighted by Gasteiger charge is -2.49. The van der Waals surface area contributed by atoms with Crippen LogP contribution in [0, 0.1) is 17.8 Å². The van der Waals surface area contributed by atoms with Crippen molar-refractivity contribution < 1.29 is 63.2 Å². The Kier molecular flexibility index (Phi) is 18.3. The molecule has 4 fully saturated rings. The van der Waals surface area contributed by atoms with Crippen LogP contribution < -0.4 is 5.32 Å². The highest BCUT2D eigenvalue weighted by molar-refractivity contribution is 5.73. The van der Waals surface area contributed by atoms with Crippen molar-refractivity contribution in [2.75, 3.05) is 34.8 Å². The third-order valence-corrected chi connectivity index (χ3v) is 14.3. The second-order valence-electron chi connectivity index (χ2n) is 20.0. The number of cyclic esters (lactones) is 1. The highest BCUT2D eigenvalue weighted by Crippen LogP contribution is 2.41. The van der Waals surface area contributed by atoms with Crippen LogP contribution in [-0.4, -0.2) is 173 Å². The lowest BCUT2D eigenvalue weighted by molar-refractivity contribution is -0.317. The molecule has 4 aliphatic rings. The maximum Gasteiger partial charge on any atom is 0.407 e. The van der Waals surface area contributed by atoms with E-state index in [0.29, 0.717) is 13.0 Å². The number of carbonyl (C=O) groups is 2. The topological polar surface area (TPSA) is 198 Å². The number of rotatable bonds is 9. The van der Waals surface area contributed by atoms with E-state index < -0.39 is 102 Å². The number of likely N-dealkylation sites (N-methyl/N-ethyl adjacent to an activating group) is 2. The number of aliphatic hydroxyl groups excluding tert-OH is 2. The Morgan fingerprint density at radius 3 is 2.18 bits per heavy atom. The average Bonchev–Trinajstić information content (AvgIpc) is 3.18. The number of nitrogens with one attached hydrogen (secondary N) is 1. The van der Waals surface area contributed by atoms with Gasteiger partial charge in [0, 0.05) is 44.1 Å². The maximum absolute atomic E-state index is 14.5. The number of hydrogen-bond acceptors (Lipinski definition) is 15. The van der Waals surface area contributed by atoms with E-state index in [1.165, 1.54) is 6.92 Å². The van der Waals surface area contributed by atoms with E-state index in [0.717, 1.165) is 32.1 Å². The van der Waals surface area contributed by atoms with Crippen LogP contribution in [0.25, 0.3) is 0 Å². The van der Waals surface area contributed by atoms with Crippen LogP contribution in [0.5, 0.6) is 0 Å². The Bertz CT molecular complexity index is 1400. The lowest BCUT2D eigenvalue weighted by Crippen LogP contribution is -2.61. The first-order valence-electron chi connectivity index (χ1n) is 22.9. The zero-order valence-corrected chi connectivity index (χ0v) is 39.7. The Hall–Kier alpha value is -1.70. The molecule has 356 valence electrons. The molecule has 61 heavy (non-hydrogen) atoms. The molecule has 3 heterocycles. The second kappa shape index (κ2) is 21.5. The summed E-state index contributed by atoms with van der Waals surface area (Å²) in [5, 5.41) is 50.8. The predicted octanol–water partition coefficient (Wildman–Crippen LogP) is 3.97. The molecule has 18 atom stereocenters. The Labute approximate surface area is 365 Å². The molecule has 0 radical (unpaired) electrons. The number of aliphatic hydroxyl groups is 4.